The standard InChI is InChI=1S/C21H30N6OS/c1-29-19-10-8-16(9-11-19)13-26-14-18(27-15-22-24-25-27)12-20(26)21(28)23-17-6-4-2-3-5-7-17/h8-11,15,17-18,20H,2-7,12-14H2,1H3,(H,23,28)/t18-,20+/m1/s1. The highest BCUT2D eigenvalue weighted by molar-refractivity contribution is 7.98. The summed E-state index contributed by atoms with van der Waals surface area (Å²) in [6.07, 6.45) is 11.7. The van der Waals surface area contributed by atoms with E-state index < -0.39 is 0 Å². The van der Waals surface area contributed by atoms with Crippen LogP contribution in [-0.4, -0.2) is 55.9 Å². The number of amides is 1. The van der Waals surface area contributed by atoms with Gasteiger partial charge in [-0.2, -0.15) is 0 Å². The van der Waals surface area contributed by atoms with Crippen molar-refractivity contribution in [3.05, 3.63) is 36.2 Å². The van der Waals surface area contributed by atoms with Crippen molar-refractivity contribution in [2.24, 2.45) is 0 Å². The molecule has 1 aliphatic carbocycles. The minimum Gasteiger partial charge on any atom is -0.352 e. The quantitative estimate of drug-likeness (QED) is 0.578. The van der Waals surface area contributed by atoms with Gasteiger partial charge in [0.15, 0.2) is 0 Å². The van der Waals surface area contributed by atoms with Crippen LogP contribution in [-0.2, 0) is 11.3 Å². The highest BCUT2D eigenvalue weighted by atomic mass is 32.2. The summed E-state index contributed by atoms with van der Waals surface area (Å²) in [5, 5.41) is 15.0. The highest BCUT2D eigenvalue weighted by Gasteiger charge is 2.38. The number of rotatable bonds is 6. The molecule has 1 N–H and O–H groups in total. The van der Waals surface area contributed by atoms with Crippen molar-refractivity contribution in [2.45, 2.75) is 74.5 Å². The molecule has 7 nitrogen and oxygen atoms in total. The maximum absolute atomic E-state index is 13.2. The molecule has 0 bridgehead atoms. The van der Waals surface area contributed by atoms with Crippen molar-refractivity contribution in [1.29, 1.82) is 0 Å². The van der Waals surface area contributed by atoms with Crippen LogP contribution in [0.25, 0.3) is 0 Å². The van der Waals surface area contributed by atoms with E-state index in [4.69, 9.17) is 0 Å². The zero-order valence-corrected chi connectivity index (χ0v) is 17.9. The molecule has 0 radical (unpaired) electrons. The maximum atomic E-state index is 13.2. The Hall–Kier alpha value is -1.93. The minimum atomic E-state index is -0.146. The molecule has 2 atom stereocenters. The van der Waals surface area contributed by atoms with Gasteiger partial charge in [0.1, 0.15) is 6.33 Å². The summed E-state index contributed by atoms with van der Waals surface area (Å²) in [5.41, 5.74) is 1.23. The van der Waals surface area contributed by atoms with Crippen LogP contribution < -0.4 is 5.32 Å². The van der Waals surface area contributed by atoms with E-state index in [1.165, 1.54) is 36.1 Å². The fourth-order valence-corrected chi connectivity index (χ4v) is 4.95. The lowest BCUT2D eigenvalue weighted by Crippen LogP contribution is -2.46. The topological polar surface area (TPSA) is 75.9 Å². The second kappa shape index (κ2) is 9.71. The molecule has 0 spiro atoms. The first-order valence-electron chi connectivity index (χ1n) is 10.6. The average Bonchev–Trinajstić information content (AvgIpc) is 3.34. The molecule has 1 saturated carbocycles. The van der Waals surface area contributed by atoms with E-state index >= 15 is 0 Å². The van der Waals surface area contributed by atoms with E-state index in [0.29, 0.717) is 6.04 Å². The number of hydrogen-bond acceptors (Lipinski definition) is 6. The lowest BCUT2D eigenvalue weighted by molar-refractivity contribution is -0.126. The number of likely N-dealkylation sites (tertiary alicyclic amines) is 1. The lowest BCUT2D eigenvalue weighted by atomic mass is 10.1. The highest BCUT2D eigenvalue weighted by Crippen LogP contribution is 2.29. The van der Waals surface area contributed by atoms with Gasteiger partial charge in [0.05, 0.1) is 12.1 Å². The average molecular weight is 415 g/mol. The third kappa shape index (κ3) is 5.17. The van der Waals surface area contributed by atoms with Gasteiger partial charge in [0.25, 0.3) is 0 Å². The number of nitrogens with zero attached hydrogens (tertiary/aromatic N) is 5. The summed E-state index contributed by atoms with van der Waals surface area (Å²) in [5.74, 6) is 0.160. The van der Waals surface area contributed by atoms with E-state index in [1.807, 2.05) is 0 Å². The molecule has 2 aromatic rings. The molecule has 29 heavy (non-hydrogen) atoms. The Balaban J connectivity index is 1.46. The molecule has 1 aromatic heterocycles. The number of nitrogens with one attached hydrogen (secondary N) is 1. The fourth-order valence-electron chi connectivity index (χ4n) is 4.54. The summed E-state index contributed by atoms with van der Waals surface area (Å²) in [6.45, 7) is 1.54. The van der Waals surface area contributed by atoms with Crippen LogP contribution in [0.2, 0.25) is 0 Å². The van der Waals surface area contributed by atoms with Crippen molar-refractivity contribution in [2.75, 3.05) is 12.8 Å². The normalized spacial score (nSPS) is 23.8. The van der Waals surface area contributed by atoms with Gasteiger partial charge in [-0.1, -0.05) is 37.8 Å². The van der Waals surface area contributed by atoms with E-state index in [0.717, 1.165) is 32.4 Å². The van der Waals surface area contributed by atoms with Crippen molar-refractivity contribution < 1.29 is 4.79 Å². The molecule has 0 unspecified atom stereocenters. The first-order valence-corrected chi connectivity index (χ1v) is 11.9. The molecule has 2 fully saturated rings. The number of benzene rings is 1. The number of thioether (sulfide) groups is 1. The van der Waals surface area contributed by atoms with Crippen molar-refractivity contribution in [3.63, 3.8) is 0 Å². The summed E-state index contributed by atoms with van der Waals surface area (Å²) < 4.78 is 1.79. The van der Waals surface area contributed by atoms with Gasteiger partial charge in [-0.3, -0.25) is 9.69 Å². The Morgan fingerprint density at radius 3 is 2.59 bits per heavy atom. The number of carbonyl (C=O) groups is 1. The molecule has 1 saturated heterocycles. The molecular formula is C21H30N6OS. The molecule has 8 heteroatoms. The van der Waals surface area contributed by atoms with Gasteiger partial charge in [-0.05, 0) is 53.6 Å². The molecule has 4 rings (SSSR count). The maximum Gasteiger partial charge on any atom is 0.237 e. The van der Waals surface area contributed by atoms with Crippen LogP contribution in [0.1, 0.15) is 56.6 Å². The van der Waals surface area contributed by atoms with E-state index in [2.05, 4.69) is 56.3 Å². The second-order valence-electron chi connectivity index (χ2n) is 8.17. The molecule has 1 amide bonds. The third-order valence-corrected chi connectivity index (χ3v) is 6.91. The predicted molar refractivity (Wildman–Crippen MR) is 114 cm³/mol. The van der Waals surface area contributed by atoms with Crippen molar-refractivity contribution >= 4 is 17.7 Å². The summed E-state index contributed by atoms with van der Waals surface area (Å²) in [6, 6.07) is 8.92. The van der Waals surface area contributed by atoms with Gasteiger partial charge < -0.3 is 5.32 Å². The largest absolute Gasteiger partial charge is 0.352 e. The van der Waals surface area contributed by atoms with Gasteiger partial charge in [-0.15, -0.1) is 16.9 Å². The Morgan fingerprint density at radius 2 is 1.93 bits per heavy atom. The predicted octanol–water partition coefficient (Wildman–Crippen LogP) is 3.05. The van der Waals surface area contributed by atoms with Crippen LogP contribution in [0.15, 0.2) is 35.5 Å². The van der Waals surface area contributed by atoms with Crippen LogP contribution in [0.5, 0.6) is 0 Å². The third-order valence-electron chi connectivity index (χ3n) is 6.17. The zero-order valence-electron chi connectivity index (χ0n) is 17.0. The van der Waals surface area contributed by atoms with E-state index in [1.54, 1.807) is 22.8 Å². The van der Waals surface area contributed by atoms with Crippen molar-refractivity contribution in [1.82, 2.24) is 30.4 Å². The zero-order chi connectivity index (χ0) is 20.1. The lowest BCUT2D eigenvalue weighted by Gasteiger charge is -2.26. The number of hydrogen-bond donors (Lipinski definition) is 1. The van der Waals surface area contributed by atoms with Crippen LogP contribution in [0, 0.1) is 0 Å². The fraction of sp³-hybridized carbons (Fsp3) is 0.619. The Labute approximate surface area is 176 Å². The van der Waals surface area contributed by atoms with Gasteiger partial charge >= 0.3 is 0 Å². The van der Waals surface area contributed by atoms with Gasteiger partial charge in [-0.25, -0.2) is 4.68 Å². The molecule has 1 aromatic carbocycles. The number of tetrazole rings is 1. The molecule has 156 valence electrons. The van der Waals surface area contributed by atoms with Crippen molar-refractivity contribution in [3.8, 4) is 0 Å². The summed E-state index contributed by atoms with van der Waals surface area (Å²) >= 11 is 1.74. The van der Waals surface area contributed by atoms with Gasteiger partial charge in [0, 0.05) is 24.0 Å². The first kappa shape index (κ1) is 20.3. The molecule has 2 heterocycles. The Kier molecular flexibility index (Phi) is 6.82. The SMILES string of the molecule is CSc1ccc(CN2C[C@H](n3cnnn3)C[C@H]2C(=O)NC2CCCCCC2)cc1. The van der Waals surface area contributed by atoms with Gasteiger partial charge in [0.2, 0.25) is 5.91 Å². The number of aromatic nitrogens is 4. The molecule has 1 aliphatic heterocycles. The van der Waals surface area contributed by atoms with E-state index in [-0.39, 0.29) is 18.0 Å². The smallest absolute Gasteiger partial charge is 0.237 e. The monoisotopic (exact) mass is 414 g/mol. The Morgan fingerprint density at radius 1 is 1.17 bits per heavy atom. The summed E-state index contributed by atoms with van der Waals surface area (Å²) in [4.78, 5) is 16.8. The van der Waals surface area contributed by atoms with E-state index in [9.17, 15) is 4.79 Å². The minimum absolute atomic E-state index is 0.125. The van der Waals surface area contributed by atoms with Crippen LogP contribution >= 0.6 is 11.8 Å². The molecular weight excluding hydrogens is 384 g/mol. The molecule has 2 aliphatic rings. The second-order valence-corrected chi connectivity index (χ2v) is 9.05. The number of carbonyl (C=O) groups excluding carboxylic acids is 1. The summed E-state index contributed by atoms with van der Waals surface area (Å²) in [7, 11) is 0. The Bertz CT molecular complexity index is 773. The van der Waals surface area contributed by atoms with Crippen LogP contribution in [0.3, 0.4) is 0 Å². The van der Waals surface area contributed by atoms with Crippen LogP contribution in [0.4, 0.5) is 0 Å². The first-order chi connectivity index (χ1) is 14.2.